The molecular formula is C16H13ClN2O. The first kappa shape index (κ1) is 12.8. The monoisotopic (exact) mass is 284 g/mol. The summed E-state index contributed by atoms with van der Waals surface area (Å²) in [4.78, 5) is 12.7. The fourth-order valence-electron chi connectivity index (χ4n) is 2.38. The molecule has 4 heteroatoms. The van der Waals surface area contributed by atoms with Crippen LogP contribution in [0.3, 0.4) is 0 Å². The van der Waals surface area contributed by atoms with Crippen molar-refractivity contribution in [1.29, 1.82) is 0 Å². The second-order valence-corrected chi connectivity index (χ2v) is 5.15. The third-order valence-corrected chi connectivity index (χ3v) is 3.69. The Balaban J connectivity index is 2.18. The highest BCUT2D eigenvalue weighted by molar-refractivity contribution is 6.35. The van der Waals surface area contributed by atoms with E-state index >= 15 is 0 Å². The van der Waals surface area contributed by atoms with Crippen LogP contribution in [0.4, 0.5) is 5.69 Å². The molecule has 0 bridgehead atoms. The molecule has 100 valence electrons. The number of ketones is 1. The second-order valence-electron chi connectivity index (χ2n) is 4.74. The van der Waals surface area contributed by atoms with Crippen LogP contribution in [0.2, 0.25) is 5.02 Å². The molecule has 0 aliphatic carbocycles. The Morgan fingerprint density at radius 2 is 1.90 bits per heavy atom. The summed E-state index contributed by atoms with van der Waals surface area (Å²) in [5, 5.41) is 1.30. The lowest BCUT2D eigenvalue weighted by atomic mass is 10.0. The fourth-order valence-corrected chi connectivity index (χ4v) is 2.66. The van der Waals surface area contributed by atoms with Gasteiger partial charge >= 0.3 is 0 Å². The van der Waals surface area contributed by atoms with Crippen molar-refractivity contribution in [3.63, 3.8) is 0 Å². The van der Waals surface area contributed by atoms with Crippen LogP contribution in [-0.4, -0.2) is 10.4 Å². The zero-order valence-electron chi connectivity index (χ0n) is 10.9. The van der Waals surface area contributed by atoms with E-state index in [1.54, 1.807) is 18.2 Å². The smallest absolute Gasteiger partial charge is 0.196 e. The molecule has 1 aromatic heterocycles. The number of rotatable bonds is 2. The van der Waals surface area contributed by atoms with E-state index in [0.717, 1.165) is 10.9 Å². The quantitative estimate of drug-likeness (QED) is 0.577. The molecule has 0 radical (unpaired) electrons. The highest BCUT2D eigenvalue weighted by atomic mass is 35.5. The third kappa shape index (κ3) is 1.96. The Morgan fingerprint density at radius 1 is 1.15 bits per heavy atom. The average Bonchev–Trinajstić information content (AvgIpc) is 2.76. The van der Waals surface area contributed by atoms with Gasteiger partial charge in [0.1, 0.15) is 0 Å². The van der Waals surface area contributed by atoms with Gasteiger partial charge in [0.15, 0.2) is 5.78 Å². The van der Waals surface area contributed by atoms with E-state index in [0.29, 0.717) is 21.8 Å². The van der Waals surface area contributed by atoms with Crippen LogP contribution in [0.25, 0.3) is 10.9 Å². The summed E-state index contributed by atoms with van der Waals surface area (Å²) in [5.74, 6) is -0.0909. The van der Waals surface area contributed by atoms with Crippen molar-refractivity contribution in [2.24, 2.45) is 7.05 Å². The maximum atomic E-state index is 12.7. The number of para-hydroxylation sites is 1. The SMILES string of the molecule is Cn1cc(C(=O)c2ccc(N)cc2Cl)c2ccccc21. The van der Waals surface area contributed by atoms with Gasteiger partial charge in [-0.3, -0.25) is 4.79 Å². The van der Waals surface area contributed by atoms with Gasteiger partial charge in [0.05, 0.1) is 5.02 Å². The molecule has 0 amide bonds. The number of nitrogen functional groups attached to an aromatic ring is 1. The lowest BCUT2D eigenvalue weighted by Gasteiger charge is -2.03. The zero-order chi connectivity index (χ0) is 14.3. The number of carbonyl (C=O) groups excluding carboxylic acids is 1. The molecule has 0 spiro atoms. The van der Waals surface area contributed by atoms with Gasteiger partial charge in [-0.15, -0.1) is 0 Å². The van der Waals surface area contributed by atoms with Crippen molar-refractivity contribution in [3.05, 3.63) is 64.8 Å². The predicted octanol–water partition coefficient (Wildman–Crippen LogP) is 3.64. The van der Waals surface area contributed by atoms with E-state index in [1.165, 1.54) is 0 Å². The number of hydrogen-bond acceptors (Lipinski definition) is 2. The first-order valence-corrected chi connectivity index (χ1v) is 6.59. The van der Waals surface area contributed by atoms with Crippen molar-refractivity contribution in [2.45, 2.75) is 0 Å². The molecule has 0 saturated heterocycles. The Labute approximate surface area is 121 Å². The molecule has 20 heavy (non-hydrogen) atoms. The number of hydrogen-bond donors (Lipinski definition) is 1. The predicted molar refractivity (Wildman–Crippen MR) is 82.2 cm³/mol. The molecule has 2 N–H and O–H groups in total. The van der Waals surface area contributed by atoms with E-state index in [4.69, 9.17) is 17.3 Å². The van der Waals surface area contributed by atoms with Crippen molar-refractivity contribution in [1.82, 2.24) is 4.57 Å². The summed E-state index contributed by atoms with van der Waals surface area (Å²) in [6.07, 6.45) is 1.83. The number of benzene rings is 2. The first-order valence-electron chi connectivity index (χ1n) is 6.21. The van der Waals surface area contributed by atoms with Crippen LogP contribution in [0.5, 0.6) is 0 Å². The summed E-state index contributed by atoms with van der Waals surface area (Å²) in [5.41, 5.74) is 8.34. The van der Waals surface area contributed by atoms with Gasteiger partial charge in [0.2, 0.25) is 0 Å². The number of nitrogens with two attached hydrogens (primary N) is 1. The fraction of sp³-hybridized carbons (Fsp3) is 0.0625. The Hall–Kier alpha value is -2.26. The zero-order valence-corrected chi connectivity index (χ0v) is 11.7. The van der Waals surface area contributed by atoms with Crippen LogP contribution in [0, 0.1) is 0 Å². The Kier molecular flexibility index (Phi) is 2.99. The summed E-state index contributed by atoms with van der Waals surface area (Å²) >= 11 is 6.12. The minimum absolute atomic E-state index is 0.0909. The molecule has 0 fully saturated rings. The molecule has 2 aromatic carbocycles. The lowest BCUT2D eigenvalue weighted by Crippen LogP contribution is -2.02. The number of aromatic nitrogens is 1. The average molecular weight is 285 g/mol. The minimum atomic E-state index is -0.0909. The van der Waals surface area contributed by atoms with Crippen molar-refractivity contribution < 1.29 is 4.79 Å². The standard InChI is InChI=1S/C16H13ClN2O/c1-19-9-13(11-4-2-3-5-15(11)19)16(20)12-7-6-10(18)8-14(12)17/h2-9H,18H2,1H3. The summed E-state index contributed by atoms with van der Waals surface area (Å²) in [6, 6.07) is 12.7. The van der Waals surface area contributed by atoms with Gasteiger partial charge in [0, 0.05) is 41.0 Å². The lowest BCUT2D eigenvalue weighted by molar-refractivity contribution is 0.104. The Morgan fingerprint density at radius 3 is 2.65 bits per heavy atom. The molecular weight excluding hydrogens is 272 g/mol. The highest BCUT2D eigenvalue weighted by Gasteiger charge is 2.17. The maximum absolute atomic E-state index is 12.7. The Bertz CT molecular complexity index is 820. The third-order valence-electron chi connectivity index (χ3n) is 3.38. The van der Waals surface area contributed by atoms with Gasteiger partial charge in [-0.2, -0.15) is 0 Å². The van der Waals surface area contributed by atoms with E-state index in [9.17, 15) is 4.79 Å². The number of anilines is 1. The maximum Gasteiger partial charge on any atom is 0.196 e. The second kappa shape index (κ2) is 4.69. The summed E-state index contributed by atoms with van der Waals surface area (Å²) in [7, 11) is 1.92. The van der Waals surface area contributed by atoms with Crippen molar-refractivity contribution >= 4 is 34.0 Å². The summed E-state index contributed by atoms with van der Waals surface area (Å²) < 4.78 is 1.94. The number of carbonyl (C=O) groups is 1. The highest BCUT2D eigenvalue weighted by Crippen LogP contribution is 2.27. The van der Waals surface area contributed by atoms with Crippen molar-refractivity contribution in [3.8, 4) is 0 Å². The van der Waals surface area contributed by atoms with Crippen LogP contribution >= 0.6 is 11.6 Å². The summed E-state index contributed by atoms with van der Waals surface area (Å²) in [6.45, 7) is 0. The number of halogens is 1. The molecule has 0 aliphatic heterocycles. The first-order chi connectivity index (χ1) is 9.58. The van der Waals surface area contributed by atoms with Gasteiger partial charge in [-0.05, 0) is 24.3 Å². The number of fused-ring (bicyclic) bond motifs is 1. The van der Waals surface area contributed by atoms with Crippen molar-refractivity contribution in [2.75, 3.05) is 5.73 Å². The van der Waals surface area contributed by atoms with Crippen LogP contribution in [-0.2, 0) is 7.05 Å². The molecule has 0 saturated carbocycles. The van der Waals surface area contributed by atoms with Crippen LogP contribution < -0.4 is 5.73 Å². The number of nitrogens with zero attached hydrogens (tertiary/aromatic N) is 1. The van der Waals surface area contributed by atoms with E-state index in [2.05, 4.69) is 0 Å². The van der Waals surface area contributed by atoms with E-state index < -0.39 is 0 Å². The van der Waals surface area contributed by atoms with Gasteiger partial charge in [0.25, 0.3) is 0 Å². The normalized spacial score (nSPS) is 10.9. The molecule has 0 unspecified atom stereocenters. The van der Waals surface area contributed by atoms with E-state index in [1.807, 2.05) is 42.1 Å². The van der Waals surface area contributed by atoms with Crippen LogP contribution in [0.15, 0.2) is 48.7 Å². The van der Waals surface area contributed by atoms with E-state index in [-0.39, 0.29) is 5.78 Å². The largest absolute Gasteiger partial charge is 0.399 e. The van der Waals surface area contributed by atoms with Gasteiger partial charge in [-0.1, -0.05) is 29.8 Å². The molecule has 0 aliphatic rings. The molecule has 3 rings (SSSR count). The minimum Gasteiger partial charge on any atom is -0.399 e. The van der Waals surface area contributed by atoms with Gasteiger partial charge in [-0.25, -0.2) is 0 Å². The van der Waals surface area contributed by atoms with Crippen LogP contribution in [0.1, 0.15) is 15.9 Å². The number of aryl methyl sites for hydroxylation is 1. The topological polar surface area (TPSA) is 48.0 Å². The molecule has 3 nitrogen and oxygen atoms in total. The molecule has 1 heterocycles. The molecule has 0 atom stereocenters. The molecule has 3 aromatic rings. The van der Waals surface area contributed by atoms with Gasteiger partial charge < -0.3 is 10.3 Å².